The van der Waals surface area contributed by atoms with E-state index in [0.29, 0.717) is 18.8 Å². The molecule has 3 rings (SSSR count). The molecule has 6 heteroatoms. The van der Waals surface area contributed by atoms with Gasteiger partial charge in [-0.25, -0.2) is 0 Å². The molecule has 0 saturated carbocycles. The molecule has 0 spiro atoms. The molecule has 2 aliphatic rings. The van der Waals surface area contributed by atoms with E-state index in [2.05, 4.69) is 12.0 Å². The van der Waals surface area contributed by atoms with Gasteiger partial charge in [-0.2, -0.15) is 5.10 Å². The number of amides is 1. The predicted molar refractivity (Wildman–Crippen MR) is 90.9 cm³/mol. The van der Waals surface area contributed by atoms with E-state index in [1.165, 1.54) is 0 Å². The molecule has 1 aromatic rings. The third-order valence-electron chi connectivity index (χ3n) is 5.55. The molecule has 134 valence electrons. The van der Waals surface area contributed by atoms with Crippen molar-refractivity contribution in [2.45, 2.75) is 65.7 Å². The molecule has 0 aliphatic carbocycles. The van der Waals surface area contributed by atoms with E-state index < -0.39 is 0 Å². The van der Waals surface area contributed by atoms with Crippen LogP contribution in [0.3, 0.4) is 0 Å². The number of aromatic nitrogens is 2. The van der Waals surface area contributed by atoms with Crippen molar-refractivity contribution < 1.29 is 14.6 Å². The first-order valence-corrected chi connectivity index (χ1v) is 9.03. The maximum absolute atomic E-state index is 13.1. The first kappa shape index (κ1) is 17.4. The summed E-state index contributed by atoms with van der Waals surface area (Å²) in [7, 11) is 0. The Morgan fingerprint density at radius 2 is 2.04 bits per heavy atom. The van der Waals surface area contributed by atoms with Crippen LogP contribution in [-0.4, -0.2) is 51.5 Å². The van der Waals surface area contributed by atoms with E-state index in [9.17, 15) is 9.90 Å². The molecule has 0 aromatic carbocycles. The second-order valence-electron chi connectivity index (χ2n) is 7.58. The summed E-state index contributed by atoms with van der Waals surface area (Å²) < 4.78 is 7.84. The minimum atomic E-state index is -0.0597. The number of likely N-dealkylation sites (tertiary alicyclic amines) is 1. The zero-order valence-electron chi connectivity index (χ0n) is 15.2. The van der Waals surface area contributed by atoms with Crippen LogP contribution in [0.5, 0.6) is 0 Å². The van der Waals surface area contributed by atoms with Crippen molar-refractivity contribution in [3.63, 3.8) is 0 Å². The molecule has 1 amide bonds. The van der Waals surface area contributed by atoms with Crippen LogP contribution in [0.1, 0.15) is 68.4 Å². The summed E-state index contributed by atoms with van der Waals surface area (Å²) >= 11 is 0. The van der Waals surface area contributed by atoms with Gasteiger partial charge < -0.3 is 14.7 Å². The number of aliphatic hydroxyl groups is 1. The normalized spacial score (nSPS) is 26.3. The molecule has 1 aromatic heterocycles. The van der Waals surface area contributed by atoms with E-state index in [4.69, 9.17) is 4.74 Å². The first-order valence-electron chi connectivity index (χ1n) is 9.03. The summed E-state index contributed by atoms with van der Waals surface area (Å²) in [6.45, 7) is 10.5. The van der Waals surface area contributed by atoms with Crippen LogP contribution in [0.25, 0.3) is 0 Å². The van der Waals surface area contributed by atoms with Crippen LogP contribution in [0, 0.1) is 5.41 Å². The van der Waals surface area contributed by atoms with E-state index in [-0.39, 0.29) is 30.1 Å². The van der Waals surface area contributed by atoms with Gasteiger partial charge in [0, 0.05) is 38.2 Å². The van der Waals surface area contributed by atoms with Gasteiger partial charge in [-0.05, 0) is 39.0 Å². The number of fused-ring (bicyclic) bond motifs is 1. The van der Waals surface area contributed by atoms with Gasteiger partial charge >= 0.3 is 0 Å². The fraction of sp³-hybridized carbons (Fsp3) is 0.778. The number of hydrogen-bond acceptors (Lipinski definition) is 4. The molecule has 1 saturated heterocycles. The summed E-state index contributed by atoms with van der Waals surface area (Å²) in [6, 6.07) is 0. The Morgan fingerprint density at radius 1 is 1.38 bits per heavy atom. The molecule has 3 heterocycles. The Bertz CT molecular complexity index is 617. The number of carbonyl (C=O) groups is 1. The van der Waals surface area contributed by atoms with Crippen molar-refractivity contribution in [2.75, 3.05) is 19.7 Å². The largest absolute Gasteiger partial charge is 0.396 e. The van der Waals surface area contributed by atoms with Gasteiger partial charge in [-0.15, -0.1) is 0 Å². The van der Waals surface area contributed by atoms with Crippen LogP contribution >= 0.6 is 0 Å². The van der Waals surface area contributed by atoms with Gasteiger partial charge in [-0.3, -0.25) is 9.48 Å². The van der Waals surface area contributed by atoms with Crippen LogP contribution in [0.2, 0.25) is 0 Å². The molecule has 0 unspecified atom stereocenters. The topological polar surface area (TPSA) is 67.6 Å². The quantitative estimate of drug-likeness (QED) is 0.919. The number of ether oxygens (including phenoxy) is 1. The number of nitrogens with zero attached hydrogens (tertiary/aromatic N) is 3. The standard InChI is InChI=1S/C18H29N3O3/c1-5-21-16-13(3)24-12(2)10-14(16)15(19-21)17(23)20-8-6-18(4,11-22)7-9-20/h12-13,22H,5-11H2,1-4H3/t12-,13+/m1/s1. The van der Waals surface area contributed by atoms with Gasteiger partial charge in [0.2, 0.25) is 0 Å². The Balaban J connectivity index is 1.86. The number of aryl methyl sites for hydroxylation is 1. The average molecular weight is 335 g/mol. The lowest BCUT2D eigenvalue weighted by Crippen LogP contribution is -2.44. The summed E-state index contributed by atoms with van der Waals surface area (Å²) in [5, 5.41) is 14.1. The monoisotopic (exact) mass is 335 g/mol. The maximum Gasteiger partial charge on any atom is 0.274 e. The van der Waals surface area contributed by atoms with E-state index in [1.807, 2.05) is 30.4 Å². The molecule has 0 bridgehead atoms. The summed E-state index contributed by atoms with van der Waals surface area (Å²) in [5.41, 5.74) is 2.65. The SMILES string of the molecule is CCn1nc(C(=O)N2CCC(C)(CO)CC2)c2c1[C@H](C)O[C@H](C)C2. The van der Waals surface area contributed by atoms with Gasteiger partial charge in [0.05, 0.1) is 17.9 Å². The maximum atomic E-state index is 13.1. The van der Waals surface area contributed by atoms with E-state index >= 15 is 0 Å². The fourth-order valence-electron chi connectivity index (χ4n) is 3.89. The minimum absolute atomic E-state index is 0.0275. The van der Waals surface area contributed by atoms with Crippen molar-refractivity contribution in [1.29, 1.82) is 0 Å². The Hall–Kier alpha value is -1.40. The minimum Gasteiger partial charge on any atom is -0.396 e. The lowest BCUT2D eigenvalue weighted by atomic mass is 9.81. The second kappa shape index (κ2) is 6.48. The lowest BCUT2D eigenvalue weighted by Gasteiger charge is -2.38. The molecule has 24 heavy (non-hydrogen) atoms. The number of piperidine rings is 1. The van der Waals surface area contributed by atoms with Crippen molar-refractivity contribution in [2.24, 2.45) is 5.41 Å². The van der Waals surface area contributed by atoms with Gasteiger partial charge in [0.25, 0.3) is 5.91 Å². The third-order valence-corrected chi connectivity index (χ3v) is 5.55. The number of aliphatic hydroxyl groups excluding tert-OH is 1. The molecule has 6 nitrogen and oxygen atoms in total. The first-order chi connectivity index (χ1) is 11.4. The van der Waals surface area contributed by atoms with Crippen LogP contribution in [0.4, 0.5) is 0 Å². The molecular formula is C18H29N3O3. The summed E-state index contributed by atoms with van der Waals surface area (Å²) in [6.07, 6.45) is 2.48. The number of carbonyl (C=O) groups excluding carboxylic acids is 1. The molecule has 1 N–H and O–H groups in total. The highest BCUT2D eigenvalue weighted by molar-refractivity contribution is 5.94. The predicted octanol–water partition coefficient (Wildman–Crippen LogP) is 2.16. The summed E-state index contributed by atoms with van der Waals surface area (Å²) in [5.74, 6) is 0.0275. The third kappa shape index (κ3) is 2.97. The second-order valence-corrected chi connectivity index (χ2v) is 7.58. The highest BCUT2D eigenvalue weighted by Gasteiger charge is 2.36. The molecule has 1 fully saturated rings. The Morgan fingerprint density at radius 3 is 2.62 bits per heavy atom. The average Bonchev–Trinajstić information content (AvgIpc) is 2.93. The van der Waals surface area contributed by atoms with Crippen molar-refractivity contribution in [1.82, 2.24) is 14.7 Å². The van der Waals surface area contributed by atoms with Crippen LogP contribution in [-0.2, 0) is 17.7 Å². The lowest BCUT2D eigenvalue weighted by molar-refractivity contribution is -0.00955. The Labute approximate surface area is 143 Å². The van der Waals surface area contributed by atoms with E-state index in [0.717, 1.165) is 37.1 Å². The van der Waals surface area contributed by atoms with Crippen molar-refractivity contribution >= 4 is 5.91 Å². The van der Waals surface area contributed by atoms with Crippen molar-refractivity contribution in [3.8, 4) is 0 Å². The van der Waals surface area contributed by atoms with Crippen molar-refractivity contribution in [3.05, 3.63) is 17.0 Å². The smallest absolute Gasteiger partial charge is 0.274 e. The number of rotatable bonds is 3. The van der Waals surface area contributed by atoms with Gasteiger partial charge in [-0.1, -0.05) is 6.92 Å². The molecule has 2 atom stereocenters. The highest BCUT2D eigenvalue weighted by atomic mass is 16.5. The van der Waals surface area contributed by atoms with Gasteiger partial charge in [0.1, 0.15) is 0 Å². The molecule has 2 aliphatic heterocycles. The summed E-state index contributed by atoms with van der Waals surface area (Å²) in [4.78, 5) is 15.0. The van der Waals surface area contributed by atoms with Gasteiger partial charge in [0.15, 0.2) is 5.69 Å². The zero-order chi connectivity index (χ0) is 17.5. The van der Waals surface area contributed by atoms with E-state index in [1.54, 1.807) is 0 Å². The van der Waals surface area contributed by atoms with Crippen LogP contribution in [0.15, 0.2) is 0 Å². The fourth-order valence-corrected chi connectivity index (χ4v) is 3.89. The zero-order valence-corrected chi connectivity index (χ0v) is 15.2. The molecular weight excluding hydrogens is 306 g/mol. The molecule has 0 radical (unpaired) electrons. The number of hydrogen-bond donors (Lipinski definition) is 1. The Kier molecular flexibility index (Phi) is 4.71. The van der Waals surface area contributed by atoms with Crippen LogP contribution < -0.4 is 0 Å². The highest BCUT2D eigenvalue weighted by Crippen LogP contribution is 2.34.